The number of hydrogen-bond acceptors (Lipinski definition) is 3. The van der Waals surface area contributed by atoms with Crippen molar-refractivity contribution in [2.75, 3.05) is 31.5 Å². The van der Waals surface area contributed by atoms with Gasteiger partial charge < -0.3 is 15.1 Å². The number of fused-ring (bicyclic) bond motifs is 2. The van der Waals surface area contributed by atoms with E-state index in [1.165, 1.54) is 36.0 Å². The van der Waals surface area contributed by atoms with Crippen LogP contribution in [0.2, 0.25) is 0 Å². The molecule has 0 bridgehead atoms. The number of H-pyrrole nitrogens is 1. The molecule has 1 aliphatic heterocycles. The molecule has 0 saturated carbocycles. The number of aryl methyl sites for hydroxylation is 1. The number of carbonyl (C=O) groups is 1. The first-order chi connectivity index (χ1) is 16.4. The summed E-state index contributed by atoms with van der Waals surface area (Å²) in [6, 6.07) is 12.9. The van der Waals surface area contributed by atoms with E-state index in [1.54, 1.807) is 6.20 Å². The Morgan fingerprint density at radius 2 is 2.00 bits per heavy atom. The maximum atomic E-state index is 13.7. The Hall–Kier alpha value is -2.86. The minimum atomic E-state index is -0.0246. The number of benzene rings is 2. The van der Waals surface area contributed by atoms with Crippen LogP contribution in [-0.4, -0.2) is 52.2 Å². The lowest BCUT2D eigenvalue weighted by Crippen LogP contribution is -2.43. The third kappa shape index (κ3) is 4.69. The number of aromatic nitrogens is 2. The number of piperidine rings is 1. The summed E-state index contributed by atoms with van der Waals surface area (Å²) in [6.07, 6.45) is 7.62. The average molecular weight is 460 g/mol. The predicted octanol–water partition coefficient (Wildman–Crippen LogP) is 5.87. The Bertz CT molecular complexity index is 1160. The molecule has 6 nitrogen and oxygen atoms in total. The highest BCUT2D eigenvalue weighted by molar-refractivity contribution is 6.00. The molecular weight excluding hydrogens is 422 g/mol. The van der Waals surface area contributed by atoms with Crippen LogP contribution in [-0.2, 0) is 11.8 Å². The first-order valence-electron chi connectivity index (χ1n) is 12.8. The van der Waals surface area contributed by atoms with Crippen LogP contribution >= 0.6 is 0 Å². The number of amides is 2. The molecule has 2 heterocycles. The highest BCUT2D eigenvalue weighted by Crippen LogP contribution is 2.38. The average Bonchev–Trinajstić information content (AvgIpc) is 3.47. The molecule has 2 N–H and O–H groups in total. The zero-order valence-corrected chi connectivity index (χ0v) is 20.7. The van der Waals surface area contributed by atoms with Gasteiger partial charge in [0.05, 0.1) is 23.4 Å². The topological polar surface area (TPSA) is 64.3 Å². The molecule has 5 rings (SSSR count). The minimum Gasteiger partial charge on any atom is -0.316 e. The highest BCUT2D eigenvalue weighted by atomic mass is 16.2. The molecule has 1 atom stereocenters. The molecule has 180 valence electrons. The second-order valence-corrected chi connectivity index (χ2v) is 10.9. The number of nitrogens with one attached hydrogen (secondary N) is 2. The minimum absolute atomic E-state index is 0.0246. The van der Waals surface area contributed by atoms with Crippen molar-refractivity contribution in [2.45, 2.75) is 64.3 Å². The SMILES string of the molecule is CC(C)(C)c1ccc2c(c1)CC[C@H]2N(CCN1CCCCC1)C(=O)Nc1cccc2[nH]ncc12. The zero-order chi connectivity index (χ0) is 23.7. The van der Waals surface area contributed by atoms with E-state index in [9.17, 15) is 4.79 Å². The van der Waals surface area contributed by atoms with E-state index in [0.29, 0.717) is 0 Å². The molecule has 0 radical (unpaired) electrons. The van der Waals surface area contributed by atoms with Gasteiger partial charge in [-0.05, 0) is 73.0 Å². The molecule has 1 aliphatic carbocycles. The highest BCUT2D eigenvalue weighted by Gasteiger charge is 2.32. The van der Waals surface area contributed by atoms with E-state index in [-0.39, 0.29) is 17.5 Å². The van der Waals surface area contributed by atoms with Crippen LogP contribution in [0.1, 0.15) is 69.2 Å². The van der Waals surface area contributed by atoms with E-state index >= 15 is 0 Å². The summed E-state index contributed by atoms with van der Waals surface area (Å²) in [6.45, 7) is 10.7. The number of rotatable bonds is 5. The molecule has 1 fully saturated rings. The summed E-state index contributed by atoms with van der Waals surface area (Å²) in [5.41, 5.74) is 5.93. The molecule has 0 spiro atoms. The Balaban J connectivity index is 1.40. The number of likely N-dealkylation sites (tertiary alicyclic amines) is 1. The number of nitrogens with zero attached hydrogens (tertiary/aromatic N) is 3. The van der Waals surface area contributed by atoms with Crippen molar-refractivity contribution < 1.29 is 4.79 Å². The van der Waals surface area contributed by atoms with Crippen LogP contribution in [0.25, 0.3) is 10.9 Å². The van der Waals surface area contributed by atoms with Crippen LogP contribution in [0.3, 0.4) is 0 Å². The van der Waals surface area contributed by atoms with Crippen molar-refractivity contribution in [1.82, 2.24) is 20.0 Å². The molecule has 3 aromatic rings. The number of aromatic amines is 1. The smallest absolute Gasteiger partial charge is 0.316 e. The molecule has 34 heavy (non-hydrogen) atoms. The summed E-state index contributed by atoms with van der Waals surface area (Å²) in [5, 5.41) is 11.3. The number of carbonyl (C=O) groups excluding carboxylic acids is 1. The van der Waals surface area contributed by atoms with Gasteiger partial charge in [-0.25, -0.2) is 4.79 Å². The summed E-state index contributed by atoms with van der Waals surface area (Å²) in [7, 11) is 0. The third-order valence-corrected chi connectivity index (χ3v) is 7.52. The van der Waals surface area contributed by atoms with E-state index in [0.717, 1.165) is 55.6 Å². The van der Waals surface area contributed by atoms with Gasteiger partial charge in [-0.1, -0.05) is 51.5 Å². The Morgan fingerprint density at radius 3 is 2.79 bits per heavy atom. The molecule has 2 aromatic carbocycles. The van der Waals surface area contributed by atoms with E-state index in [4.69, 9.17) is 0 Å². The first-order valence-corrected chi connectivity index (χ1v) is 12.8. The van der Waals surface area contributed by atoms with Crippen molar-refractivity contribution in [1.29, 1.82) is 0 Å². The molecule has 1 aromatic heterocycles. The fraction of sp³-hybridized carbons (Fsp3) is 0.500. The lowest BCUT2D eigenvalue weighted by molar-refractivity contribution is 0.159. The number of urea groups is 1. The normalized spacial score (nSPS) is 18.7. The summed E-state index contributed by atoms with van der Waals surface area (Å²) < 4.78 is 0. The Labute approximate surface area is 202 Å². The molecular formula is C28H37N5O. The molecule has 1 saturated heterocycles. The van der Waals surface area contributed by atoms with Crippen LogP contribution in [0.15, 0.2) is 42.6 Å². The Morgan fingerprint density at radius 1 is 1.18 bits per heavy atom. The van der Waals surface area contributed by atoms with Gasteiger partial charge in [-0.15, -0.1) is 0 Å². The van der Waals surface area contributed by atoms with E-state index in [1.807, 2.05) is 18.2 Å². The van der Waals surface area contributed by atoms with E-state index in [2.05, 4.69) is 64.3 Å². The van der Waals surface area contributed by atoms with Crippen LogP contribution in [0.4, 0.5) is 10.5 Å². The second-order valence-electron chi connectivity index (χ2n) is 10.9. The summed E-state index contributed by atoms with van der Waals surface area (Å²) in [4.78, 5) is 18.3. The van der Waals surface area contributed by atoms with Gasteiger partial charge in [-0.2, -0.15) is 5.10 Å². The fourth-order valence-electron chi connectivity index (χ4n) is 5.48. The van der Waals surface area contributed by atoms with Crippen molar-refractivity contribution in [2.24, 2.45) is 0 Å². The summed E-state index contributed by atoms with van der Waals surface area (Å²) in [5.74, 6) is 0. The van der Waals surface area contributed by atoms with Crippen molar-refractivity contribution in [3.05, 3.63) is 59.3 Å². The van der Waals surface area contributed by atoms with Gasteiger partial charge >= 0.3 is 6.03 Å². The van der Waals surface area contributed by atoms with Gasteiger partial charge in [0.1, 0.15) is 0 Å². The lowest BCUT2D eigenvalue weighted by Gasteiger charge is -2.34. The van der Waals surface area contributed by atoms with Gasteiger partial charge in [0, 0.05) is 18.5 Å². The van der Waals surface area contributed by atoms with Crippen LogP contribution < -0.4 is 5.32 Å². The van der Waals surface area contributed by atoms with E-state index < -0.39 is 0 Å². The van der Waals surface area contributed by atoms with Crippen molar-refractivity contribution in [3.63, 3.8) is 0 Å². The maximum Gasteiger partial charge on any atom is 0.322 e. The molecule has 6 heteroatoms. The zero-order valence-electron chi connectivity index (χ0n) is 20.7. The van der Waals surface area contributed by atoms with Gasteiger partial charge in [-0.3, -0.25) is 5.10 Å². The molecule has 0 unspecified atom stereocenters. The fourth-order valence-corrected chi connectivity index (χ4v) is 5.48. The van der Waals surface area contributed by atoms with Crippen LogP contribution in [0.5, 0.6) is 0 Å². The molecule has 2 amide bonds. The largest absolute Gasteiger partial charge is 0.322 e. The van der Waals surface area contributed by atoms with Gasteiger partial charge in [0.15, 0.2) is 0 Å². The second kappa shape index (κ2) is 9.41. The van der Waals surface area contributed by atoms with Crippen LogP contribution in [0, 0.1) is 0 Å². The summed E-state index contributed by atoms with van der Waals surface area (Å²) >= 11 is 0. The Kier molecular flexibility index (Phi) is 6.34. The predicted molar refractivity (Wildman–Crippen MR) is 138 cm³/mol. The monoisotopic (exact) mass is 459 g/mol. The number of hydrogen-bond donors (Lipinski definition) is 2. The quantitative estimate of drug-likeness (QED) is 0.502. The number of anilines is 1. The van der Waals surface area contributed by atoms with Gasteiger partial charge in [0.2, 0.25) is 0 Å². The standard InChI is InChI=1S/C28H37N5O/c1-28(2,3)21-11-12-22-20(18-21)10-13-26(22)33(17-16-32-14-5-4-6-15-32)27(34)30-24-8-7-9-25-23(24)19-29-31-25/h7-9,11-12,18-19,26H,4-6,10,13-17H2,1-3H3,(H,29,31)(H,30,34)/t26-/m1/s1. The third-order valence-electron chi connectivity index (χ3n) is 7.52. The van der Waals surface area contributed by atoms with Gasteiger partial charge in [0.25, 0.3) is 0 Å². The van der Waals surface area contributed by atoms with Crippen molar-refractivity contribution >= 4 is 22.6 Å². The van der Waals surface area contributed by atoms with Crippen molar-refractivity contribution in [3.8, 4) is 0 Å². The molecule has 2 aliphatic rings. The lowest BCUT2D eigenvalue weighted by atomic mass is 9.85. The maximum absolute atomic E-state index is 13.7. The first kappa shape index (κ1) is 22.9.